The van der Waals surface area contributed by atoms with E-state index in [-0.39, 0.29) is 12.4 Å². The Hall–Kier alpha value is -1.95. The standard InChI is InChI=1S/C13H16FNO4/c1-3-18-13(17)11(14)12(15)9-5-4-6-10(7-9)19-8(2)16/h4-7,11-12H,3,15H2,1-2H3/t11?,12-/m1/s1. The highest BCUT2D eigenvalue weighted by Gasteiger charge is 2.27. The SMILES string of the molecule is CCOC(=O)C(F)[C@H](N)c1cccc(OC(C)=O)c1. The Balaban J connectivity index is 2.84. The molecule has 19 heavy (non-hydrogen) atoms. The zero-order valence-electron chi connectivity index (χ0n) is 10.8. The fourth-order valence-corrected chi connectivity index (χ4v) is 1.49. The van der Waals surface area contributed by atoms with Crippen molar-refractivity contribution in [2.75, 3.05) is 6.61 Å². The molecule has 0 spiro atoms. The molecule has 1 unspecified atom stereocenters. The molecule has 5 nitrogen and oxygen atoms in total. The van der Waals surface area contributed by atoms with Crippen molar-refractivity contribution in [1.82, 2.24) is 0 Å². The Morgan fingerprint density at radius 2 is 2.11 bits per heavy atom. The topological polar surface area (TPSA) is 78.6 Å². The quantitative estimate of drug-likeness (QED) is 0.647. The van der Waals surface area contributed by atoms with E-state index in [0.717, 1.165) is 0 Å². The summed E-state index contributed by atoms with van der Waals surface area (Å²) in [5, 5.41) is 0. The Morgan fingerprint density at radius 3 is 2.68 bits per heavy atom. The van der Waals surface area contributed by atoms with Crippen LogP contribution in [0, 0.1) is 0 Å². The van der Waals surface area contributed by atoms with Gasteiger partial charge in [0.25, 0.3) is 0 Å². The van der Waals surface area contributed by atoms with Crippen molar-refractivity contribution in [2.45, 2.75) is 26.1 Å². The first kappa shape index (κ1) is 15.1. The third-order valence-corrected chi connectivity index (χ3v) is 2.33. The number of carbonyl (C=O) groups is 2. The summed E-state index contributed by atoms with van der Waals surface area (Å²) < 4.78 is 23.2. The second-order valence-corrected chi connectivity index (χ2v) is 3.85. The van der Waals surface area contributed by atoms with Gasteiger partial charge in [-0.1, -0.05) is 12.1 Å². The summed E-state index contributed by atoms with van der Waals surface area (Å²) in [7, 11) is 0. The maximum Gasteiger partial charge on any atom is 0.342 e. The molecule has 2 atom stereocenters. The first-order valence-electron chi connectivity index (χ1n) is 5.80. The Kier molecular flexibility index (Phi) is 5.44. The molecule has 0 saturated heterocycles. The molecular weight excluding hydrogens is 253 g/mol. The summed E-state index contributed by atoms with van der Waals surface area (Å²) >= 11 is 0. The van der Waals surface area contributed by atoms with Crippen LogP contribution in [0.4, 0.5) is 4.39 Å². The molecule has 0 aliphatic heterocycles. The van der Waals surface area contributed by atoms with E-state index in [4.69, 9.17) is 10.5 Å². The van der Waals surface area contributed by atoms with Crippen LogP contribution < -0.4 is 10.5 Å². The van der Waals surface area contributed by atoms with Gasteiger partial charge < -0.3 is 15.2 Å². The molecule has 0 amide bonds. The zero-order valence-corrected chi connectivity index (χ0v) is 10.8. The second kappa shape index (κ2) is 6.84. The second-order valence-electron chi connectivity index (χ2n) is 3.85. The molecule has 0 radical (unpaired) electrons. The predicted octanol–water partition coefficient (Wildman–Crippen LogP) is 1.51. The lowest BCUT2D eigenvalue weighted by molar-refractivity contribution is -0.150. The van der Waals surface area contributed by atoms with Gasteiger partial charge in [0, 0.05) is 6.92 Å². The maximum atomic E-state index is 13.7. The molecule has 0 heterocycles. The fraction of sp³-hybridized carbons (Fsp3) is 0.385. The van der Waals surface area contributed by atoms with Gasteiger partial charge in [-0.3, -0.25) is 4.79 Å². The monoisotopic (exact) mass is 269 g/mol. The highest BCUT2D eigenvalue weighted by atomic mass is 19.1. The average Bonchev–Trinajstić information content (AvgIpc) is 2.36. The van der Waals surface area contributed by atoms with Crippen molar-refractivity contribution in [2.24, 2.45) is 5.73 Å². The average molecular weight is 269 g/mol. The summed E-state index contributed by atoms with van der Waals surface area (Å²) in [5.74, 6) is -1.25. The summed E-state index contributed by atoms with van der Waals surface area (Å²) in [6.07, 6.45) is -1.97. The lowest BCUT2D eigenvalue weighted by Crippen LogP contribution is -2.31. The number of nitrogens with two attached hydrogens (primary N) is 1. The van der Waals surface area contributed by atoms with Crippen molar-refractivity contribution in [1.29, 1.82) is 0 Å². The largest absolute Gasteiger partial charge is 0.464 e. The number of benzene rings is 1. The number of ether oxygens (including phenoxy) is 2. The summed E-state index contributed by atoms with van der Waals surface area (Å²) in [5.41, 5.74) is 6.00. The van der Waals surface area contributed by atoms with Gasteiger partial charge in [-0.25, -0.2) is 9.18 Å². The number of hydrogen-bond acceptors (Lipinski definition) is 5. The molecule has 104 valence electrons. The minimum Gasteiger partial charge on any atom is -0.464 e. The highest BCUT2D eigenvalue weighted by Crippen LogP contribution is 2.22. The molecule has 0 aromatic heterocycles. The van der Waals surface area contributed by atoms with Crippen LogP contribution in [0.3, 0.4) is 0 Å². The van der Waals surface area contributed by atoms with Crippen molar-refractivity contribution >= 4 is 11.9 Å². The minimum absolute atomic E-state index is 0.0828. The number of alkyl halides is 1. The summed E-state index contributed by atoms with van der Waals surface area (Å²) in [4.78, 5) is 22.1. The first-order chi connectivity index (χ1) is 8.95. The van der Waals surface area contributed by atoms with Crippen molar-refractivity contribution in [3.8, 4) is 5.75 Å². The van der Waals surface area contributed by atoms with Crippen LogP contribution >= 0.6 is 0 Å². The van der Waals surface area contributed by atoms with E-state index in [9.17, 15) is 14.0 Å². The normalized spacial score (nSPS) is 13.5. The van der Waals surface area contributed by atoms with E-state index in [0.29, 0.717) is 5.56 Å². The van der Waals surface area contributed by atoms with E-state index in [1.165, 1.54) is 19.1 Å². The zero-order chi connectivity index (χ0) is 14.4. The summed E-state index contributed by atoms with van der Waals surface area (Å²) in [6.45, 7) is 2.92. The van der Waals surface area contributed by atoms with Crippen LogP contribution in [0.1, 0.15) is 25.5 Å². The van der Waals surface area contributed by atoms with Crippen LogP contribution in [0.25, 0.3) is 0 Å². The van der Waals surface area contributed by atoms with Gasteiger partial charge in [-0.05, 0) is 24.6 Å². The molecule has 0 bridgehead atoms. The molecule has 1 aromatic carbocycles. The van der Waals surface area contributed by atoms with Gasteiger partial charge in [0.15, 0.2) is 0 Å². The third-order valence-electron chi connectivity index (χ3n) is 2.33. The molecule has 0 saturated carbocycles. The van der Waals surface area contributed by atoms with Crippen LogP contribution in [0.2, 0.25) is 0 Å². The van der Waals surface area contributed by atoms with Gasteiger partial charge in [-0.15, -0.1) is 0 Å². The molecule has 1 aromatic rings. The van der Waals surface area contributed by atoms with Crippen LogP contribution in [-0.2, 0) is 14.3 Å². The number of esters is 2. The molecule has 1 rings (SSSR count). The van der Waals surface area contributed by atoms with E-state index < -0.39 is 24.2 Å². The Labute approximate surface area is 110 Å². The number of halogens is 1. The molecule has 0 fully saturated rings. The third kappa shape index (κ3) is 4.33. The highest BCUT2D eigenvalue weighted by molar-refractivity contribution is 5.76. The minimum atomic E-state index is -1.97. The molecule has 6 heteroatoms. The smallest absolute Gasteiger partial charge is 0.342 e. The lowest BCUT2D eigenvalue weighted by atomic mass is 10.0. The Bertz CT molecular complexity index is 464. The first-order valence-corrected chi connectivity index (χ1v) is 5.80. The van der Waals surface area contributed by atoms with Gasteiger partial charge in [0.1, 0.15) is 5.75 Å². The molecular formula is C13H16FNO4. The van der Waals surface area contributed by atoms with Crippen molar-refractivity contribution < 1.29 is 23.5 Å². The fourth-order valence-electron chi connectivity index (χ4n) is 1.49. The Morgan fingerprint density at radius 1 is 1.42 bits per heavy atom. The number of hydrogen-bond donors (Lipinski definition) is 1. The molecule has 2 N–H and O–H groups in total. The number of rotatable bonds is 5. The molecule has 0 aliphatic carbocycles. The van der Waals surface area contributed by atoms with E-state index in [2.05, 4.69) is 4.74 Å². The lowest BCUT2D eigenvalue weighted by Gasteiger charge is -2.16. The van der Waals surface area contributed by atoms with Crippen LogP contribution in [0.5, 0.6) is 5.75 Å². The van der Waals surface area contributed by atoms with Crippen molar-refractivity contribution in [3.05, 3.63) is 29.8 Å². The van der Waals surface area contributed by atoms with Gasteiger partial charge in [0.05, 0.1) is 12.6 Å². The number of carbonyl (C=O) groups excluding carboxylic acids is 2. The predicted molar refractivity (Wildman–Crippen MR) is 66.2 cm³/mol. The van der Waals surface area contributed by atoms with Crippen molar-refractivity contribution in [3.63, 3.8) is 0 Å². The molecule has 0 aliphatic rings. The van der Waals surface area contributed by atoms with Crippen LogP contribution in [0.15, 0.2) is 24.3 Å². The maximum absolute atomic E-state index is 13.7. The van der Waals surface area contributed by atoms with Crippen LogP contribution in [-0.4, -0.2) is 24.7 Å². The van der Waals surface area contributed by atoms with Gasteiger partial charge in [0.2, 0.25) is 6.17 Å². The van der Waals surface area contributed by atoms with E-state index >= 15 is 0 Å². The van der Waals surface area contributed by atoms with E-state index in [1.54, 1.807) is 19.1 Å². The van der Waals surface area contributed by atoms with E-state index in [1.807, 2.05) is 0 Å². The van der Waals surface area contributed by atoms with Gasteiger partial charge >= 0.3 is 11.9 Å². The summed E-state index contributed by atoms with van der Waals surface area (Å²) in [6, 6.07) is 4.89. The van der Waals surface area contributed by atoms with Gasteiger partial charge in [-0.2, -0.15) is 0 Å².